The summed E-state index contributed by atoms with van der Waals surface area (Å²) in [6, 6.07) is 0. The third-order valence-electron chi connectivity index (χ3n) is 2.83. The van der Waals surface area contributed by atoms with Crippen LogP contribution < -0.4 is 0 Å². The summed E-state index contributed by atoms with van der Waals surface area (Å²) in [5.74, 6) is 0. The number of hydrogen-bond acceptors (Lipinski definition) is 1. The van der Waals surface area contributed by atoms with Gasteiger partial charge in [0.05, 0.1) is 0 Å². The lowest BCUT2D eigenvalue weighted by Crippen LogP contribution is -2.22. The minimum Gasteiger partial charge on any atom is -0.288 e. The summed E-state index contributed by atoms with van der Waals surface area (Å²) in [5, 5.41) is 0. The molecule has 0 fully saturated rings. The van der Waals surface area contributed by atoms with E-state index in [-0.39, 0.29) is 71.2 Å². The smallest absolute Gasteiger partial charge is 0.221 e. The first-order chi connectivity index (χ1) is 13.2. The van der Waals surface area contributed by atoms with Crippen molar-refractivity contribution in [2.45, 2.75) is 4.99 Å². The van der Waals surface area contributed by atoms with Crippen molar-refractivity contribution >= 4 is 210 Å². The van der Waals surface area contributed by atoms with E-state index in [2.05, 4.69) is 122 Å². The van der Waals surface area contributed by atoms with Crippen LogP contribution in [0.5, 0.6) is 0 Å². The molecule has 0 aliphatic carbocycles. The Morgan fingerprint density at radius 3 is 1.48 bits per heavy atom. The molecule has 0 spiro atoms. The van der Waals surface area contributed by atoms with Crippen molar-refractivity contribution in [3.05, 3.63) is 0 Å². The minimum absolute atomic E-state index is 0.133. The van der Waals surface area contributed by atoms with Gasteiger partial charge in [-0.15, -0.1) is 80.4 Å². The molecule has 20 unspecified atom stereocenters. The van der Waals surface area contributed by atoms with Crippen LogP contribution in [-0.2, 0) is 15.3 Å². The van der Waals surface area contributed by atoms with Gasteiger partial charge < -0.3 is 0 Å². The number of carbonyl (C=O) groups is 1. The van der Waals surface area contributed by atoms with Gasteiger partial charge in [-0.2, -0.15) is 0 Å². The van der Waals surface area contributed by atoms with Gasteiger partial charge in [-0.05, 0) is 34.9 Å². The fourth-order valence-corrected chi connectivity index (χ4v) is 165. The summed E-state index contributed by atoms with van der Waals surface area (Å²) in [5.41, 5.74) is 0.647. The lowest BCUT2D eigenvalue weighted by atomic mass is 10.9. The van der Waals surface area contributed by atoms with Gasteiger partial charge in [-0.25, -0.2) is 0 Å². The maximum atomic E-state index is 14.4. The highest BCUT2D eigenvalue weighted by atomic mass is 33.3. The number of carbonyl (C=O) groups excluding carboxylic acids is 1. The van der Waals surface area contributed by atoms with E-state index in [1.54, 1.807) is 0 Å². The number of rotatable bonds is 13. The Kier molecular flexibility index (Phi) is 28.6. The van der Waals surface area contributed by atoms with E-state index in [9.17, 15) is 4.79 Å². The molecule has 0 aliphatic rings. The van der Waals surface area contributed by atoms with Gasteiger partial charge in [0, 0.05) is 39.1 Å². The quantitative estimate of drug-likeness (QED) is 0.133. The average Bonchev–Trinajstić information content (AvgIpc) is 2.56. The monoisotopic (exact) mass is 859 g/mol. The molecular weight excluding hydrogens is 827 g/mol. The van der Waals surface area contributed by atoms with Crippen LogP contribution in [0.2, 0.25) is 0 Å². The van der Waals surface area contributed by atoms with Crippen molar-refractivity contribution in [3.8, 4) is 0 Å². The van der Waals surface area contributed by atoms with E-state index in [1.165, 1.54) is 0 Å². The molecular formula is C3H31OP24S+. The Hall–Kier alpha value is 10.3. The van der Waals surface area contributed by atoms with Crippen LogP contribution in [-0.4, -0.2) is 16.8 Å². The molecule has 0 amide bonds. The summed E-state index contributed by atoms with van der Waals surface area (Å²) < 4.78 is 0. The molecule has 20 atom stereocenters. The molecule has 0 aliphatic heterocycles. The molecule has 0 bridgehead atoms. The highest BCUT2D eigenvalue weighted by Crippen LogP contribution is 3.10. The summed E-state index contributed by atoms with van der Waals surface area (Å²) in [4.78, 5) is 14.7. The Balaban J connectivity index is 6.49. The van der Waals surface area contributed by atoms with Gasteiger partial charge in [0.15, 0.2) is 6.50 Å². The predicted octanol–water partition coefficient (Wildman–Crippen LogP) is 13.1. The lowest BCUT2D eigenvalue weighted by molar-refractivity contribution is -0.109. The molecule has 26 heteroatoms. The third kappa shape index (κ3) is 13.9. The van der Waals surface area contributed by atoms with Crippen LogP contribution in [0.25, 0.3) is 0 Å². The van der Waals surface area contributed by atoms with Crippen LogP contribution in [0.4, 0.5) is 0 Å². The molecule has 0 N–H and O–H groups in total. The number of hydrogen-bond donors (Lipinski definition) is 0. The molecule has 0 heterocycles. The maximum Gasteiger partial charge on any atom is 0.221 e. The van der Waals surface area contributed by atoms with Crippen molar-refractivity contribution in [2.24, 2.45) is 0 Å². The van der Waals surface area contributed by atoms with Crippen LogP contribution in [0.3, 0.4) is 0 Å². The zero-order chi connectivity index (χ0) is 23.2. The summed E-state index contributed by atoms with van der Waals surface area (Å²) in [6.45, 7) is -2.00. The minimum atomic E-state index is -0.627. The van der Waals surface area contributed by atoms with E-state index < -0.39 is 14.3 Å². The molecule has 0 rings (SSSR count). The molecule has 174 valence electrons. The molecule has 0 aromatic heterocycles. The van der Waals surface area contributed by atoms with Crippen molar-refractivity contribution in [1.82, 2.24) is 0 Å². The summed E-state index contributed by atoms with van der Waals surface area (Å²) in [7, 11) is 39.9. The fourth-order valence-electron chi connectivity index (χ4n) is 1.81. The largest absolute Gasteiger partial charge is 0.288 e. The highest BCUT2D eigenvalue weighted by Gasteiger charge is 2.53. The van der Waals surface area contributed by atoms with Crippen LogP contribution >= 0.6 is 194 Å². The Labute approximate surface area is 223 Å². The molecule has 0 saturated heterocycles. The van der Waals surface area contributed by atoms with Crippen molar-refractivity contribution in [1.29, 1.82) is 0 Å². The van der Waals surface area contributed by atoms with Crippen LogP contribution in [0.1, 0.15) is 0 Å². The van der Waals surface area contributed by atoms with Crippen molar-refractivity contribution < 1.29 is 4.79 Å². The van der Waals surface area contributed by atoms with E-state index in [0.29, 0.717) is 5.52 Å². The van der Waals surface area contributed by atoms with Crippen molar-refractivity contribution in [2.75, 3.05) is 6.26 Å². The second kappa shape index (κ2) is 21.1. The normalized spacial score (nSPS) is 19.7. The topological polar surface area (TPSA) is 17.1 Å². The molecule has 0 aromatic rings. The highest BCUT2D eigenvalue weighted by molar-refractivity contribution is 9.16. The first-order valence-electron chi connectivity index (χ1n) is 6.81. The van der Waals surface area contributed by atoms with Gasteiger partial charge in [0.2, 0.25) is 10.5 Å². The maximum absolute atomic E-state index is 14.4. The van der Waals surface area contributed by atoms with Gasteiger partial charge in [0.1, 0.15) is 6.26 Å². The second-order valence-corrected chi connectivity index (χ2v) is 94.0. The summed E-state index contributed by atoms with van der Waals surface area (Å²) >= 11 is 0. The fraction of sp³-hybridized carbons (Fsp3) is 0.667. The zero-order valence-corrected chi connectivity index (χ0v) is 41.1. The summed E-state index contributed by atoms with van der Waals surface area (Å²) in [6.07, 6.45) is 2.45. The Morgan fingerprint density at radius 2 is 1.21 bits per heavy atom. The van der Waals surface area contributed by atoms with E-state index >= 15 is 0 Å². The van der Waals surface area contributed by atoms with Gasteiger partial charge in [0.25, 0.3) is 0 Å². The zero-order valence-electron chi connectivity index (χ0n) is 15.4. The van der Waals surface area contributed by atoms with Gasteiger partial charge >= 0.3 is 0 Å². The van der Waals surface area contributed by atoms with Gasteiger partial charge in [-0.3, -0.25) is 4.79 Å². The molecule has 0 aromatic carbocycles. The molecule has 0 saturated carbocycles. The average molecular weight is 859 g/mol. The van der Waals surface area contributed by atoms with Crippen LogP contribution in [0, 0.1) is 0 Å². The van der Waals surface area contributed by atoms with Crippen molar-refractivity contribution in [3.63, 3.8) is 0 Å². The lowest BCUT2D eigenvalue weighted by Gasteiger charge is -2.38. The molecule has 29 heavy (non-hydrogen) atoms. The van der Waals surface area contributed by atoms with E-state index in [0.717, 1.165) is 7.96 Å². The van der Waals surface area contributed by atoms with Gasteiger partial charge in [-0.1, -0.05) is 43.7 Å². The Bertz CT molecular complexity index is 471. The van der Waals surface area contributed by atoms with E-state index in [4.69, 9.17) is 0 Å². The third-order valence-corrected chi connectivity index (χ3v) is 123. The predicted molar refractivity (Wildman–Crippen MR) is 226 cm³/mol. The standard InChI is InChI=1S/C3H31OP24S/c1-29(28(24(12)13)25(14)15)3(20(22(8)9)26(16)18-5)2(4)19(21(6)7)27(17)23(10)11/h3,18H,5-17H2,1H3/q+1. The molecule has 1 nitrogen and oxygen atoms in total. The molecule has 0 radical (unpaired) electrons. The van der Waals surface area contributed by atoms with Crippen LogP contribution in [0.15, 0.2) is 0 Å². The second-order valence-electron chi connectivity index (χ2n) is 4.77. The first-order valence-corrected chi connectivity index (χ1v) is 50.6. The first kappa shape index (κ1) is 39.3. The Morgan fingerprint density at radius 1 is 0.759 bits per heavy atom. The SMILES string of the molecule is C[S+](C(C(=O)P(P(P)P)P(P)P(P)P)P(P(P)P)P(P)PP)P(P(P)P)P(P)P. The van der Waals surface area contributed by atoms with E-state index in [1.807, 2.05) is 0 Å².